The second-order valence-electron chi connectivity index (χ2n) is 6.19. The Balaban J connectivity index is 2.12. The SMILES string of the molecule is Cc1ccc(NC(=O)[C@H](C)NS(=O)(=O)c2ccc(Cl)cc2)c(OCC(F)(F)F)c1. The number of amides is 1. The van der Waals surface area contributed by atoms with Gasteiger partial charge in [0.15, 0.2) is 6.61 Å². The summed E-state index contributed by atoms with van der Waals surface area (Å²) in [4.78, 5) is 12.3. The predicted molar refractivity (Wildman–Crippen MR) is 103 cm³/mol. The normalized spacial score (nSPS) is 13.0. The van der Waals surface area contributed by atoms with E-state index in [-0.39, 0.29) is 16.3 Å². The molecule has 2 N–H and O–H groups in total. The highest BCUT2D eigenvalue weighted by Crippen LogP contribution is 2.28. The van der Waals surface area contributed by atoms with Gasteiger partial charge in [-0.1, -0.05) is 17.7 Å². The number of sulfonamides is 1. The molecule has 0 saturated heterocycles. The van der Waals surface area contributed by atoms with Crippen molar-refractivity contribution in [1.29, 1.82) is 0 Å². The third kappa shape index (κ3) is 6.91. The summed E-state index contributed by atoms with van der Waals surface area (Å²) in [5.74, 6) is -0.952. The molecule has 6 nitrogen and oxygen atoms in total. The van der Waals surface area contributed by atoms with Crippen LogP contribution in [0.4, 0.5) is 18.9 Å². The van der Waals surface area contributed by atoms with E-state index in [9.17, 15) is 26.4 Å². The summed E-state index contributed by atoms with van der Waals surface area (Å²) in [5, 5.41) is 2.73. The van der Waals surface area contributed by atoms with E-state index in [1.807, 2.05) is 0 Å². The fourth-order valence-corrected chi connectivity index (χ4v) is 3.55. The number of rotatable bonds is 7. The molecule has 1 atom stereocenters. The third-order valence-electron chi connectivity index (χ3n) is 3.64. The van der Waals surface area contributed by atoms with Crippen molar-refractivity contribution in [2.75, 3.05) is 11.9 Å². The summed E-state index contributed by atoms with van der Waals surface area (Å²) in [6.07, 6.45) is -4.55. The number of aryl methyl sites for hydroxylation is 1. The van der Waals surface area contributed by atoms with E-state index >= 15 is 0 Å². The molecule has 0 bridgehead atoms. The van der Waals surface area contributed by atoms with Crippen molar-refractivity contribution in [3.05, 3.63) is 53.1 Å². The van der Waals surface area contributed by atoms with Crippen LogP contribution in [-0.4, -0.2) is 33.1 Å². The number of benzene rings is 2. The van der Waals surface area contributed by atoms with Crippen LogP contribution in [0.15, 0.2) is 47.4 Å². The molecule has 0 aliphatic heterocycles. The molecule has 0 aliphatic carbocycles. The second kappa shape index (κ2) is 9.02. The van der Waals surface area contributed by atoms with Crippen molar-refractivity contribution in [3.63, 3.8) is 0 Å². The highest BCUT2D eigenvalue weighted by atomic mass is 35.5. The molecule has 158 valence electrons. The van der Waals surface area contributed by atoms with Crippen LogP contribution < -0.4 is 14.8 Å². The summed E-state index contributed by atoms with van der Waals surface area (Å²) in [6.45, 7) is 1.42. The first-order chi connectivity index (χ1) is 13.4. The van der Waals surface area contributed by atoms with Gasteiger partial charge in [-0.3, -0.25) is 4.79 Å². The summed E-state index contributed by atoms with van der Waals surface area (Å²) in [6, 6.07) is 8.39. The summed E-state index contributed by atoms with van der Waals surface area (Å²) in [5.41, 5.74) is 0.610. The number of carbonyl (C=O) groups is 1. The molecule has 0 spiro atoms. The van der Waals surface area contributed by atoms with Gasteiger partial charge in [0.1, 0.15) is 5.75 Å². The van der Waals surface area contributed by atoms with E-state index in [0.29, 0.717) is 10.6 Å². The molecule has 2 rings (SSSR count). The maximum Gasteiger partial charge on any atom is 0.422 e. The van der Waals surface area contributed by atoms with E-state index in [1.165, 1.54) is 43.3 Å². The number of hydrogen-bond acceptors (Lipinski definition) is 4. The first-order valence-electron chi connectivity index (χ1n) is 8.26. The maximum absolute atomic E-state index is 12.4. The molecule has 0 radical (unpaired) electrons. The van der Waals surface area contributed by atoms with Gasteiger partial charge in [0.2, 0.25) is 15.9 Å². The zero-order valence-electron chi connectivity index (χ0n) is 15.4. The van der Waals surface area contributed by atoms with Gasteiger partial charge in [0, 0.05) is 5.02 Å². The number of ether oxygens (including phenoxy) is 1. The smallest absolute Gasteiger partial charge is 0.422 e. The molecule has 0 unspecified atom stereocenters. The van der Waals surface area contributed by atoms with E-state index in [0.717, 1.165) is 0 Å². The van der Waals surface area contributed by atoms with Crippen LogP contribution in [0.25, 0.3) is 0 Å². The summed E-state index contributed by atoms with van der Waals surface area (Å²) >= 11 is 5.73. The molecule has 1 amide bonds. The minimum Gasteiger partial charge on any atom is -0.482 e. The zero-order valence-corrected chi connectivity index (χ0v) is 17.0. The molecule has 0 aliphatic rings. The Morgan fingerprint density at radius 1 is 1.17 bits per heavy atom. The van der Waals surface area contributed by atoms with Crippen molar-refractivity contribution in [3.8, 4) is 5.75 Å². The van der Waals surface area contributed by atoms with Crippen molar-refractivity contribution in [1.82, 2.24) is 4.72 Å². The molecule has 2 aromatic carbocycles. The zero-order chi connectivity index (χ0) is 21.8. The van der Waals surface area contributed by atoms with Gasteiger partial charge in [-0.05, 0) is 55.8 Å². The first-order valence-corrected chi connectivity index (χ1v) is 10.1. The number of carbonyl (C=O) groups excluding carboxylic acids is 1. The Morgan fingerprint density at radius 3 is 2.38 bits per heavy atom. The molecule has 2 aromatic rings. The van der Waals surface area contributed by atoms with Crippen molar-refractivity contribution >= 4 is 33.2 Å². The highest BCUT2D eigenvalue weighted by Gasteiger charge is 2.29. The van der Waals surface area contributed by atoms with E-state index in [2.05, 4.69) is 10.0 Å². The first kappa shape index (κ1) is 23.0. The lowest BCUT2D eigenvalue weighted by molar-refractivity contribution is -0.153. The molecular formula is C18H18ClF3N2O4S. The van der Waals surface area contributed by atoms with Gasteiger partial charge in [-0.15, -0.1) is 0 Å². The van der Waals surface area contributed by atoms with Gasteiger partial charge in [0.25, 0.3) is 0 Å². The average molecular weight is 451 g/mol. The standard InChI is InChI=1S/C18H18ClF3N2O4S/c1-11-3-8-15(16(9-11)28-10-18(20,21)22)23-17(25)12(2)24-29(26,27)14-6-4-13(19)5-7-14/h3-9,12,24H,10H2,1-2H3,(H,23,25)/t12-/m0/s1. The Kier molecular flexibility index (Phi) is 7.15. The number of nitrogens with one attached hydrogen (secondary N) is 2. The van der Waals surface area contributed by atoms with Gasteiger partial charge in [-0.25, -0.2) is 8.42 Å². The van der Waals surface area contributed by atoms with Crippen LogP contribution in [0.5, 0.6) is 5.75 Å². The third-order valence-corrected chi connectivity index (χ3v) is 5.44. The number of alkyl halides is 3. The van der Waals surface area contributed by atoms with Gasteiger partial charge in [0.05, 0.1) is 16.6 Å². The summed E-state index contributed by atoms with van der Waals surface area (Å²) in [7, 11) is -4.01. The largest absolute Gasteiger partial charge is 0.482 e. The fraction of sp³-hybridized carbons (Fsp3) is 0.278. The lowest BCUT2D eigenvalue weighted by Crippen LogP contribution is -2.41. The van der Waals surface area contributed by atoms with Crippen LogP contribution in [0, 0.1) is 6.92 Å². The quantitative estimate of drug-likeness (QED) is 0.670. The Labute approximate surface area is 171 Å². The van der Waals surface area contributed by atoms with Crippen molar-refractivity contribution in [2.45, 2.75) is 31.0 Å². The van der Waals surface area contributed by atoms with Crippen LogP contribution in [-0.2, 0) is 14.8 Å². The van der Waals surface area contributed by atoms with Crippen LogP contribution in [0.1, 0.15) is 12.5 Å². The van der Waals surface area contributed by atoms with E-state index < -0.39 is 34.8 Å². The molecule has 11 heteroatoms. The van der Waals surface area contributed by atoms with Crippen LogP contribution in [0.3, 0.4) is 0 Å². The van der Waals surface area contributed by atoms with Crippen molar-refractivity contribution < 1.29 is 31.1 Å². The monoisotopic (exact) mass is 450 g/mol. The van der Waals surface area contributed by atoms with Crippen LogP contribution in [0.2, 0.25) is 5.02 Å². The van der Waals surface area contributed by atoms with Gasteiger partial charge >= 0.3 is 6.18 Å². The number of hydrogen-bond donors (Lipinski definition) is 2. The lowest BCUT2D eigenvalue weighted by atomic mass is 10.2. The highest BCUT2D eigenvalue weighted by molar-refractivity contribution is 7.89. The fourth-order valence-electron chi connectivity index (χ4n) is 2.22. The molecule has 0 aromatic heterocycles. The summed E-state index contributed by atoms with van der Waals surface area (Å²) < 4.78 is 69.0. The minimum atomic E-state index is -4.55. The van der Waals surface area contributed by atoms with E-state index in [4.69, 9.17) is 16.3 Å². The number of halogens is 4. The Morgan fingerprint density at radius 2 is 1.79 bits per heavy atom. The lowest BCUT2D eigenvalue weighted by Gasteiger charge is -2.17. The maximum atomic E-state index is 12.4. The van der Waals surface area contributed by atoms with Crippen LogP contribution >= 0.6 is 11.6 Å². The van der Waals surface area contributed by atoms with Gasteiger partial charge in [-0.2, -0.15) is 17.9 Å². The Bertz CT molecular complexity index is 980. The molecule has 0 fully saturated rings. The van der Waals surface area contributed by atoms with Gasteiger partial charge < -0.3 is 10.1 Å². The molecular weight excluding hydrogens is 433 g/mol. The Hall–Kier alpha value is -2.30. The topological polar surface area (TPSA) is 84.5 Å². The number of anilines is 1. The predicted octanol–water partition coefficient (Wildman–Crippen LogP) is 3.90. The second-order valence-corrected chi connectivity index (χ2v) is 8.34. The average Bonchev–Trinajstić information content (AvgIpc) is 2.61. The molecule has 0 saturated carbocycles. The van der Waals surface area contributed by atoms with E-state index in [1.54, 1.807) is 13.0 Å². The van der Waals surface area contributed by atoms with Crippen molar-refractivity contribution in [2.24, 2.45) is 0 Å². The molecule has 29 heavy (non-hydrogen) atoms. The minimum absolute atomic E-state index is 0.0117. The molecule has 0 heterocycles.